The largest absolute Gasteiger partial charge is 0.356 e. The highest BCUT2D eigenvalue weighted by atomic mass is 32.2. The van der Waals surface area contributed by atoms with Crippen molar-refractivity contribution in [2.24, 2.45) is 0 Å². The molecule has 3 aliphatic rings. The highest BCUT2D eigenvalue weighted by Crippen LogP contribution is 2.34. The van der Waals surface area contributed by atoms with Crippen LogP contribution < -0.4 is 5.32 Å². The van der Waals surface area contributed by atoms with Gasteiger partial charge in [0.25, 0.3) is 0 Å². The second-order valence-electron chi connectivity index (χ2n) is 8.01. The van der Waals surface area contributed by atoms with Gasteiger partial charge in [-0.1, -0.05) is 5.16 Å². The van der Waals surface area contributed by atoms with Crippen molar-refractivity contribution in [3.8, 4) is 0 Å². The molecule has 5 rings (SSSR count). The molecule has 1 amide bonds. The maximum absolute atomic E-state index is 13.4. The van der Waals surface area contributed by atoms with E-state index in [1.807, 2.05) is 16.7 Å². The summed E-state index contributed by atoms with van der Waals surface area (Å²) in [6, 6.07) is 5.04. The molecule has 0 saturated carbocycles. The van der Waals surface area contributed by atoms with Crippen LogP contribution in [0.1, 0.15) is 30.9 Å². The molecule has 3 aliphatic heterocycles. The average Bonchev–Trinajstić information content (AvgIpc) is 3.47. The first kappa shape index (κ1) is 18.4. The molecule has 2 atom stereocenters. The number of fused-ring (bicyclic) bond motifs is 1. The Hall–Kier alpha value is -1.64. The predicted octanol–water partition coefficient (Wildman–Crippen LogP) is 2.41. The number of carbonyl (C=O) groups is 1. The van der Waals surface area contributed by atoms with Gasteiger partial charge < -0.3 is 14.7 Å². The quantitative estimate of drug-likeness (QED) is 0.848. The molecule has 3 saturated heterocycles. The number of halogens is 1. The molecule has 0 radical (unpaired) electrons. The summed E-state index contributed by atoms with van der Waals surface area (Å²) in [6.45, 7) is 3.75. The number of thioether (sulfide) groups is 1. The summed E-state index contributed by atoms with van der Waals surface area (Å²) < 4.78 is 18.7. The van der Waals surface area contributed by atoms with Gasteiger partial charge in [-0.15, -0.1) is 11.8 Å². The lowest BCUT2D eigenvalue weighted by atomic mass is 9.90. The van der Waals surface area contributed by atoms with Crippen LogP contribution in [0.2, 0.25) is 0 Å². The highest BCUT2D eigenvalue weighted by molar-refractivity contribution is 7.99. The van der Waals surface area contributed by atoms with E-state index in [1.165, 1.54) is 12.1 Å². The van der Waals surface area contributed by atoms with Crippen molar-refractivity contribution < 1.29 is 13.7 Å². The highest BCUT2D eigenvalue weighted by Gasteiger charge is 2.37. The number of hydrogen-bond acceptors (Lipinski definition) is 6. The van der Waals surface area contributed by atoms with Crippen molar-refractivity contribution in [1.82, 2.24) is 20.3 Å². The van der Waals surface area contributed by atoms with Crippen LogP contribution in [0.3, 0.4) is 0 Å². The molecule has 0 aliphatic carbocycles. The van der Waals surface area contributed by atoms with Gasteiger partial charge in [0.1, 0.15) is 5.82 Å². The van der Waals surface area contributed by atoms with Crippen molar-refractivity contribution in [3.63, 3.8) is 0 Å². The molecule has 1 N–H and O–H groups in total. The van der Waals surface area contributed by atoms with Crippen molar-refractivity contribution in [2.75, 3.05) is 37.8 Å². The Labute approximate surface area is 167 Å². The Bertz CT molecular complexity index is 861. The van der Waals surface area contributed by atoms with Gasteiger partial charge in [0, 0.05) is 42.3 Å². The molecule has 4 heterocycles. The van der Waals surface area contributed by atoms with E-state index < -0.39 is 0 Å². The molecule has 6 nitrogen and oxygen atoms in total. The van der Waals surface area contributed by atoms with Crippen LogP contribution in [0.25, 0.3) is 11.0 Å². The second kappa shape index (κ2) is 7.65. The molecule has 0 spiro atoms. The minimum Gasteiger partial charge on any atom is -0.356 e. The molecule has 1 aromatic heterocycles. The lowest BCUT2D eigenvalue weighted by molar-refractivity contribution is -0.131. The topological polar surface area (TPSA) is 61.6 Å². The zero-order valence-electron chi connectivity index (χ0n) is 15.8. The first-order valence-electron chi connectivity index (χ1n) is 10.1. The van der Waals surface area contributed by atoms with Crippen molar-refractivity contribution in [1.29, 1.82) is 0 Å². The Kier molecular flexibility index (Phi) is 5.02. The maximum Gasteiger partial charge on any atom is 0.240 e. The number of likely N-dealkylation sites (tertiary alicyclic amines) is 1. The molecular formula is C20H25FN4O2S. The van der Waals surface area contributed by atoms with Gasteiger partial charge in [0.2, 0.25) is 5.91 Å². The monoisotopic (exact) mass is 404 g/mol. The van der Waals surface area contributed by atoms with Gasteiger partial charge in [-0.3, -0.25) is 9.69 Å². The zero-order chi connectivity index (χ0) is 19.1. The number of rotatable bonds is 3. The summed E-state index contributed by atoms with van der Waals surface area (Å²) in [7, 11) is 0. The first-order chi connectivity index (χ1) is 13.7. The number of nitrogens with zero attached hydrogens (tertiary/aromatic N) is 3. The number of piperidine rings is 1. The fourth-order valence-electron chi connectivity index (χ4n) is 4.75. The molecule has 0 unspecified atom stereocenters. The molecule has 28 heavy (non-hydrogen) atoms. The number of nitrogens with one attached hydrogen (secondary N) is 1. The molecule has 8 heteroatoms. The Morgan fingerprint density at radius 3 is 2.93 bits per heavy atom. The van der Waals surface area contributed by atoms with E-state index >= 15 is 0 Å². The molecule has 2 aromatic rings. The van der Waals surface area contributed by atoms with Crippen LogP contribution in [-0.2, 0) is 4.79 Å². The standard InChI is InChI=1S/C20H25FN4O2S/c21-14-1-2-16-18(9-14)27-23-19(16)13-3-5-24(6-4-13)15-10-17(22-11-15)20(26)25-7-8-28-12-25/h1-2,9,13,15,17,22H,3-8,10-12H2/t15-,17-/m0/s1. The number of amides is 1. The minimum atomic E-state index is -0.296. The Morgan fingerprint density at radius 1 is 1.29 bits per heavy atom. The summed E-state index contributed by atoms with van der Waals surface area (Å²) >= 11 is 1.83. The smallest absolute Gasteiger partial charge is 0.240 e. The van der Waals surface area contributed by atoms with Crippen LogP contribution in [0.5, 0.6) is 0 Å². The van der Waals surface area contributed by atoms with E-state index in [0.717, 1.165) is 68.2 Å². The Balaban J connectivity index is 1.19. The summed E-state index contributed by atoms with van der Waals surface area (Å²) in [5, 5.41) is 8.61. The second-order valence-corrected chi connectivity index (χ2v) is 9.08. The third kappa shape index (κ3) is 3.42. The average molecular weight is 405 g/mol. The van der Waals surface area contributed by atoms with Gasteiger partial charge in [0.05, 0.1) is 17.6 Å². The number of aromatic nitrogens is 1. The lowest BCUT2D eigenvalue weighted by Gasteiger charge is -2.35. The fraction of sp³-hybridized carbons (Fsp3) is 0.600. The molecular weight excluding hydrogens is 379 g/mol. The van der Waals surface area contributed by atoms with Crippen LogP contribution in [0.15, 0.2) is 22.7 Å². The van der Waals surface area contributed by atoms with E-state index in [9.17, 15) is 9.18 Å². The normalized spacial score (nSPS) is 27.1. The molecule has 1 aromatic carbocycles. The number of hydrogen-bond donors (Lipinski definition) is 1. The maximum atomic E-state index is 13.4. The first-order valence-corrected chi connectivity index (χ1v) is 11.2. The zero-order valence-corrected chi connectivity index (χ0v) is 16.6. The van der Waals surface area contributed by atoms with E-state index in [1.54, 1.807) is 6.07 Å². The van der Waals surface area contributed by atoms with E-state index in [0.29, 0.717) is 17.5 Å². The SMILES string of the molecule is O=C([C@@H]1C[C@H](N2CCC(c3noc4cc(F)ccc34)CC2)CN1)N1CCSC1. The predicted molar refractivity (Wildman–Crippen MR) is 107 cm³/mol. The van der Waals surface area contributed by atoms with Crippen LogP contribution >= 0.6 is 11.8 Å². The minimum absolute atomic E-state index is 0.0317. The molecule has 3 fully saturated rings. The fourth-order valence-corrected chi connectivity index (χ4v) is 5.71. The van der Waals surface area contributed by atoms with E-state index in [-0.39, 0.29) is 17.8 Å². The van der Waals surface area contributed by atoms with Crippen molar-refractivity contribution >= 4 is 28.6 Å². The third-order valence-corrected chi connectivity index (χ3v) is 7.33. The van der Waals surface area contributed by atoms with Crippen LogP contribution in [-0.4, -0.2) is 70.8 Å². The Morgan fingerprint density at radius 2 is 2.14 bits per heavy atom. The molecule has 0 bridgehead atoms. The van der Waals surface area contributed by atoms with Crippen molar-refractivity contribution in [2.45, 2.75) is 37.3 Å². The van der Waals surface area contributed by atoms with Gasteiger partial charge in [-0.2, -0.15) is 0 Å². The number of carbonyl (C=O) groups excluding carboxylic acids is 1. The summed E-state index contributed by atoms with van der Waals surface area (Å²) in [4.78, 5) is 17.1. The number of benzene rings is 1. The summed E-state index contributed by atoms with van der Waals surface area (Å²) in [6.07, 6.45) is 2.92. The summed E-state index contributed by atoms with van der Waals surface area (Å²) in [5.74, 6) is 2.21. The summed E-state index contributed by atoms with van der Waals surface area (Å²) in [5.41, 5.74) is 1.48. The van der Waals surface area contributed by atoms with Crippen molar-refractivity contribution in [3.05, 3.63) is 29.7 Å². The lowest BCUT2D eigenvalue weighted by Crippen LogP contribution is -2.42. The van der Waals surface area contributed by atoms with Gasteiger partial charge in [0.15, 0.2) is 5.58 Å². The van der Waals surface area contributed by atoms with Gasteiger partial charge in [-0.25, -0.2) is 4.39 Å². The van der Waals surface area contributed by atoms with E-state index in [2.05, 4.69) is 15.4 Å². The van der Waals surface area contributed by atoms with Gasteiger partial charge in [-0.05, 0) is 44.5 Å². The van der Waals surface area contributed by atoms with Crippen LogP contribution in [0, 0.1) is 5.82 Å². The van der Waals surface area contributed by atoms with Crippen LogP contribution in [0.4, 0.5) is 4.39 Å². The third-order valence-electron chi connectivity index (χ3n) is 6.36. The molecule has 150 valence electrons. The van der Waals surface area contributed by atoms with Gasteiger partial charge >= 0.3 is 0 Å². The van der Waals surface area contributed by atoms with E-state index in [4.69, 9.17) is 4.52 Å².